The largest absolute Gasteiger partial charge is 0.322 e. The molecule has 1 aromatic carbocycles. The second-order valence-electron chi connectivity index (χ2n) is 4.52. The molecule has 0 unspecified atom stereocenters. The number of hydrogen-bond acceptors (Lipinski definition) is 3. The van der Waals surface area contributed by atoms with E-state index >= 15 is 0 Å². The highest BCUT2D eigenvalue weighted by Gasteiger charge is 2.09. The summed E-state index contributed by atoms with van der Waals surface area (Å²) in [5.41, 5.74) is 1.55. The van der Waals surface area contributed by atoms with Crippen LogP contribution in [-0.4, -0.2) is 28.8 Å². The lowest BCUT2D eigenvalue weighted by atomic mass is 10.3. The van der Waals surface area contributed by atoms with Gasteiger partial charge in [-0.15, -0.1) is 0 Å². The predicted molar refractivity (Wildman–Crippen MR) is 84.9 cm³/mol. The highest BCUT2D eigenvalue weighted by molar-refractivity contribution is 6.39. The molecule has 2 rings (SSSR count). The molecular formula is C14H16Cl2N4O. The molecule has 0 aliphatic heterocycles. The van der Waals surface area contributed by atoms with Crippen molar-refractivity contribution in [3.63, 3.8) is 0 Å². The Balaban J connectivity index is 1.76. The van der Waals surface area contributed by atoms with E-state index in [1.165, 1.54) is 0 Å². The molecule has 5 nitrogen and oxygen atoms in total. The lowest BCUT2D eigenvalue weighted by Crippen LogP contribution is -2.30. The first-order valence-corrected chi connectivity index (χ1v) is 7.25. The molecule has 0 spiro atoms. The molecule has 21 heavy (non-hydrogen) atoms. The highest BCUT2D eigenvalue weighted by atomic mass is 35.5. The van der Waals surface area contributed by atoms with Crippen molar-refractivity contribution in [1.29, 1.82) is 0 Å². The molecule has 0 radical (unpaired) electrons. The van der Waals surface area contributed by atoms with Crippen LogP contribution in [-0.2, 0) is 18.3 Å². The van der Waals surface area contributed by atoms with E-state index in [1.807, 2.05) is 17.8 Å². The van der Waals surface area contributed by atoms with Gasteiger partial charge in [0.15, 0.2) is 0 Å². The van der Waals surface area contributed by atoms with Crippen LogP contribution in [0.15, 0.2) is 30.5 Å². The van der Waals surface area contributed by atoms with Gasteiger partial charge in [0.2, 0.25) is 5.91 Å². The molecule has 2 N–H and O–H groups in total. The number of carbonyl (C=O) groups is 1. The van der Waals surface area contributed by atoms with Crippen LogP contribution in [0.1, 0.15) is 5.69 Å². The summed E-state index contributed by atoms with van der Waals surface area (Å²) in [6.07, 6.45) is 2.55. The molecule has 112 valence electrons. The number of nitrogens with one attached hydrogen (secondary N) is 2. The van der Waals surface area contributed by atoms with E-state index < -0.39 is 0 Å². The molecule has 1 amide bonds. The second-order valence-corrected chi connectivity index (χ2v) is 5.33. The molecule has 1 aromatic heterocycles. The lowest BCUT2D eigenvalue weighted by molar-refractivity contribution is -0.115. The zero-order valence-corrected chi connectivity index (χ0v) is 13.1. The first kappa shape index (κ1) is 15.8. The minimum atomic E-state index is -0.185. The van der Waals surface area contributed by atoms with E-state index in [1.54, 1.807) is 24.4 Å². The van der Waals surface area contributed by atoms with Crippen molar-refractivity contribution in [2.24, 2.45) is 7.05 Å². The van der Waals surface area contributed by atoms with Crippen molar-refractivity contribution < 1.29 is 4.79 Å². The van der Waals surface area contributed by atoms with Gasteiger partial charge in [0.1, 0.15) is 0 Å². The van der Waals surface area contributed by atoms with Crippen LogP contribution >= 0.6 is 23.2 Å². The Morgan fingerprint density at radius 1 is 1.29 bits per heavy atom. The van der Waals surface area contributed by atoms with Crippen molar-refractivity contribution in [2.75, 3.05) is 18.4 Å². The number of benzene rings is 1. The predicted octanol–water partition coefficient (Wildman–Crippen LogP) is 2.50. The van der Waals surface area contributed by atoms with Crippen LogP contribution < -0.4 is 10.6 Å². The lowest BCUT2D eigenvalue weighted by Gasteiger charge is -2.09. The molecule has 2 aromatic rings. The molecule has 0 aliphatic rings. The Bertz CT molecular complexity index is 607. The first-order chi connectivity index (χ1) is 10.1. The normalized spacial score (nSPS) is 10.6. The van der Waals surface area contributed by atoms with Crippen molar-refractivity contribution in [3.05, 3.63) is 46.2 Å². The number of anilines is 1. The first-order valence-electron chi connectivity index (χ1n) is 6.49. The van der Waals surface area contributed by atoms with Gasteiger partial charge in [0, 0.05) is 31.9 Å². The Kier molecular flexibility index (Phi) is 5.61. The summed E-state index contributed by atoms with van der Waals surface area (Å²) >= 11 is 12.0. The van der Waals surface area contributed by atoms with Gasteiger partial charge >= 0.3 is 0 Å². The Morgan fingerprint density at radius 3 is 2.62 bits per heavy atom. The van der Waals surface area contributed by atoms with E-state index in [2.05, 4.69) is 15.7 Å². The van der Waals surface area contributed by atoms with Crippen molar-refractivity contribution >= 4 is 34.8 Å². The highest BCUT2D eigenvalue weighted by Crippen LogP contribution is 2.29. The van der Waals surface area contributed by atoms with Crippen molar-refractivity contribution in [2.45, 2.75) is 6.42 Å². The number of carbonyl (C=O) groups excluding carboxylic acids is 1. The third-order valence-electron chi connectivity index (χ3n) is 2.99. The summed E-state index contributed by atoms with van der Waals surface area (Å²) in [4.78, 5) is 11.8. The minimum absolute atomic E-state index is 0.185. The van der Waals surface area contributed by atoms with E-state index in [4.69, 9.17) is 23.2 Å². The average Bonchev–Trinajstić information content (AvgIpc) is 2.85. The number of halogens is 2. The standard InChI is InChI=1S/C14H16Cl2N4O/c1-20-10(6-8-18-20)5-7-17-9-13(21)19-14-11(15)3-2-4-12(14)16/h2-4,6,8,17H,5,7,9H2,1H3,(H,19,21). The number of rotatable bonds is 6. The third kappa shape index (κ3) is 4.46. The molecule has 0 saturated heterocycles. The summed E-state index contributed by atoms with van der Waals surface area (Å²) in [6.45, 7) is 0.878. The smallest absolute Gasteiger partial charge is 0.238 e. The Morgan fingerprint density at radius 2 is 2.00 bits per heavy atom. The van der Waals surface area contributed by atoms with Crippen LogP contribution in [0.2, 0.25) is 10.0 Å². The monoisotopic (exact) mass is 326 g/mol. The van der Waals surface area contributed by atoms with Crippen LogP contribution in [0.3, 0.4) is 0 Å². The summed E-state index contributed by atoms with van der Waals surface area (Å²) in [5, 5.41) is 10.7. The van der Waals surface area contributed by atoms with Crippen LogP contribution in [0.25, 0.3) is 0 Å². The summed E-state index contributed by atoms with van der Waals surface area (Å²) in [5.74, 6) is -0.185. The fourth-order valence-corrected chi connectivity index (χ4v) is 2.36. The number of nitrogens with zero attached hydrogens (tertiary/aromatic N) is 2. The molecule has 1 heterocycles. The summed E-state index contributed by atoms with van der Waals surface area (Å²) in [6, 6.07) is 7.04. The van der Waals surface area contributed by atoms with Crippen molar-refractivity contribution in [1.82, 2.24) is 15.1 Å². The maximum atomic E-state index is 11.8. The Hall–Kier alpha value is -1.56. The molecule has 7 heteroatoms. The maximum Gasteiger partial charge on any atom is 0.238 e. The molecule has 0 atom stereocenters. The second kappa shape index (κ2) is 7.45. The van der Waals surface area contributed by atoms with Crippen LogP contribution in [0, 0.1) is 0 Å². The van der Waals surface area contributed by atoms with Gasteiger partial charge in [0.25, 0.3) is 0 Å². The fraction of sp³-hybridized carbons (Fsp3) is 0.286. The third-order valence-corrected chi connectivity index (χ3v) is 3.62. The van der Waals surface area contributed by atoms with Gasteiger partial charge in [0.05, 0.1) is 22.3 Å². The zero-order chi connectivity index (χ0) is 15.2. The number of amides is 1. The summed E-state index contributed by atoms with van der Waals surface area (Å²) < 4.78 is 1.81. The number of aromatic nitrogens is 2. The van der Waals surface area contributed by atoms with Gasteiger partial charge in [-0.05, 0) is 18.2 Å². The SMILES string of the molecule is Cn1nccc1CCNCC(=O)Nc1c(Cl)cccc1Cl. The quantitative estimate of drug-likeness (QED) is 0.802. The molecule has 0 aliphatic carbocycles. The van der Waals surface area contributed by atoms with Gasteiger partial charge < -0.3 is 10.6 Å². The van der Waals surface area contributed by atoms with Gasteiger partial charge in [-0.3, -0.25) is 9.48 Å². The number of aryl methyl sites for hydroxylation is 1. The molecule has 0 saturated carbocycles. The molecular weight excluding hydrogens is 311 g/mol. The van der Waals surface area contributed by atoms with E-state index in [9.17, 15) is 4.79 Å². The molecule has 0 fully saturated rings. The van der Waals surface area contributed by atoms with Gasteiger partial charge in [-0.25, -0.2) is 0 Å². The number of para-hydroxylation sites is 1. The van der Waals surface area contributed by atoms with E-state index in [-0.39, 0.29) is 12.5 Å². The van der Waals surface area contributed by atoms with Crippen LogP contribution in [0.5, 0.6) is 0 Å². The average molecular weight is 327 g/mol. The van der Waals surface area contributed by atoms with E-state index in [0.29, 0.717) is 22.3 Å². The maximum absolute atomic E-state index is 11.8. The molecule has 0 bridgehead atoms. The van der Waals surface area contributed by atoms with Crippen LogP contribution in [0.4, 0.5) is 5.69 Å². The summed E-state index contributed by atoms with van der Waals surface area (Å²) in [7, 11) is 1.89. The zero-order valence-electron chi connectivity index (χ0n) is 11.6. The fourth-order valence-electron chi connectivity index (χ4n) is 1.87. The topological polar surface area (TPSA) is 59.0 Å². The number of hydrogen-bond donors (Lipinski definition) is 2. The Labute approximate surface area is 133 Å². The van der Waals surface area contributed by atoms with Crippen molar-refractivity contribution in [3.8, 4) is 0 Å². The van der Waals surface area contributed by atoms with Gasteiger partial charge in [-0.2, -0.15) is 5.10 Å². The van der Waals surface area contributed by atoms with Gasteiger partial charge in [-0.1, -0.05) is 29.3 Å². The van der Waals surface area contributed by atoms with E-state index in [0.717, 1.165) is 12.1 Å². The minimum Gasteiger partial charge on any atom is -0.322 e.